The summed E-state index contributed by atoms with van der Waals surface area (Å²) in [6, 6.07) is 10.2. The highest BCUT2D eigenvalue weighted by molar-refractivity contribution is 9.10. The molecule has 1 aromatic heterocycles. The van der Waals surface area contributed by atoms with E-state index < -0.39 is 0 Å². The average Bonchev–Trinajstić information content (AvgIpc) is 3.20. The zero-order valence-corrected chi connectivity index (χ0v) is 17.7. The lowest BCUT2D eigenvalue weighted by atomic mass is 9.94. The van der Waals surface area contributed by atoms with E-state index in [9.17, 15) is 0 Å². The van der Waals surface area contributed by atoms with Gasteiger partial charge in [-0.1, -0.05) is 36.4 Å². The van der Waals surface area contributed by atoms with Gasteiger partial charge in [0.15, 0.2) is 5.17 Å². The molecule has 7 heteroatoms. The Morgan fingerprint density at radius 3 is 2.92 bits per heavy atom. The Bertz CT molecular complexity index is 848. The number of methoxy groups -OCH3 is 1. The first-order valence-electron chi connectivity index (χ1n) is 8.56. The first-order chi connectivity index (χ1) is 12.6. The topological polar surface area (TPSA) is 37.7 Å². The average molecular weight is 453 g/mol. The maximum Gasteiger partial charge on any atom is 0.160 e. The Morgan fingerprint density at radius 1 is 1.38 bits per heavy atom. The number of aliphatic imine (C=N–C) groups is 1. The van der Waals surface area contributed by atoms with Gasteiger partial charge in [-0.15, -0.1) is 0 Å². The van der Waals surface area contributed by atoms with Crippen LogP contribution in [0, 0.1) is 0 Å². The highest BCUT2D eigenvalue weighted by Crippen LogP contribution is 2.52. The van der Waals surface area contributed by atoms with Crippen LogP contribution < -0.4 is 4.74 Å². The number of thioether (sulfide) groups is 1. The van der Waals surface area contributed by atoms with Crippen LogP contribution >= 0.6 is 39.3 Å². The molecule has 0 bridgehead atoms. The Balaban J connectivity index is 1.88. The van der Waals surface area contributed by atoms with Crippen LogP contribution in [0.3, 0.4) is 0 Å². The van der Waals surface area contributed by atoms with Crippen molar-refractivity contribution in [3.05, 3.63) is 57.3 Å². The summed E-state index contributed by atoms with van der Waals surface area (Å²) in [6.45, 7) is 2.23. The molecular weight excluding hydrogens is 434 g/mol. The number of fused-ring (bicyclic) bond motifs is 1. The number of hydrogen-bond donors (Lipinski definition) is 0. The normalized spacial score (nSPS) is 24.5. The van der Waals surface area contributed by atoms with E-state index in [1.54, 1.807) is 7.11 Å². The van der Waals surface area contributed by atoms with Gasteiger partial charge in [0.1, 0.15) is 11.8 Å². The quantitative estimate of drug-likeness (QED) is 0.615. The number of amidine groups is 1. The third-order valence-corrected chi connectivity index (χ3v) is 6.82. The standard InChI is InChI=1S/C19H19BrClN3OS/c1-3-12-10-26-19-23-16(15-6-4-5-7-22-15)17(24(12)19)13-8-11(21)9-14(20)18(13)25-2/h4-9,12,16-17H,3,10H2,1-2H3/t12-,16-,17+/m1/s1. The second-order valence-electron chi connectivity index (χ2n) is 6.35. The maximum atomic E-state index is 6.40. The van der Waals surface area contributed by atoms with E-state index in [1.165, 1.54) is 0 Å². The molecule has 2 aliphatic rings. The molecule has 1 saturated heterocycles. The molecule has 4 nitrogen and oxygen atoms in total. The summed E-state index contributed by atoms with van der Waals surface area (Å²) < 4.78 is 6.59. The molecule has 1 fully saturated rings. The van der Waals surface area contributed by atoms with Crippen molar-refractivity contribution < 1.29 is 4.74 Å². The summed E-state index contributed by atoms with van der Waals surface area (Å²) in [7, 11) is 1.69. The predicted molar refractivity (Wildman–Crippen MR) is 111 cm³/mol. The van der Waals surface area contributed by atoms with Gasteiger partial charge in [-0.05, 0) is 46.6 Å². The number of hydrogen-bond acceptors (Lipinski definition) is 5. The SMILES string of the molecule is CC[C@@H]1CSC2=N[C@H](c3ccccn3)[C@H](c3cc(Cl)cc(Br)c3OC)N21. The van der Waals surface area contributed by atoms with Crippen LogP contribution in [0.4, 0.5) is 0 Å². The van der Waals surface area contributed by atoms with Crippen molar-refractivity contribution in [3.63, 3.8) is 0 Å². The van der Waals surface area contributed by atoms with Crippen LogP contribution in [0.5, 0.6) is 5.75 Å². The van der Waals surface area contributed by atoms with Gasteiger partial charge in [-0.25, -0.2) is 0 Å². The van der Waals surface area contributed by atoms with E-state index in [4.69, 9.17) is 21.3 Å². The molecule has 0 spiro atoms. The Morgan fingerprint density at radius 2 is 2.23 bits per heavy atom. The highest BCUT2D eigenvalue weighted by Gasteiger charge is 2.46. The van der Waals surface area contributed by atoms with Crippen molar-refractivity contribution in [3.8, 4) is 5.75 Å². The number of halogens is 2. The fourth-order valence-electron chi connectivity index (χ4n) is 3.70. The summed E-state index contributed by atoms with van der Waals surface area (Å²) in [5, 5.41) is 1.77. The molecule has 2 aromatic rings. The van der Waals surface area contributed by atoms with Gasteiger partial charge in [-0.3, -0.25) is 9.98 Å². The molecule has 0 aliphatic carbocycles. The van der Waals surface area contributed by atoms with Gasteiger partial charge >= 0.3 is 0 Å². The van der Waals surface area contributed by atoms with Crippen LogP contribution in [-0.2, 0) is 0 Å². The molecular formula is C19H19BrClN3OS. The second kappa shape index (κ2) is 7.41. The van der Waals surface area contributed by atoms with Crippen molar-refractivity contribution in [1.29, 1.82) is 0 Å². The molecule has 4 rings (SSSR count). The zero-order chi connectivity index (χ0) is 18.3. The number of rotatable bonds is 4. The highest BCUT2D eigenvalue weighted by atomic mass is 79.9. The van der Waals surface area contributed by atoms with Gasteiger partial charge in [-0.2, -0.15) is 0 Å². The lowest BCUT2D eigenvalue weighted by molar-refractivity contribution is 0.249. The smallest absolute Gasteiger partial charge is 0.160 e. The van der Waals surface area contributed by atoms with Gasteiger partial charge in [0.05, 0.1) is 23.3 Å². The molecule has 3 heterocycles. The van der Waals surface area contributed by atoms with Crippen LogP contribution in [0.1, 0.15) is 36.7 Å². The van der Waals surface area contributed by atoms with E-state index in [0.29, 0.717) is 11.1 Å². The summed E-state index contributed by atoms with van der Waals surface area (Å²) in [6.07, 6.45) is 2.90. The van der Waals surface area contributed by atoms with Crippen molar-refractivity contribution >= 4 is 44.5 Å². The lowest BCUT2D eigenvalue weighted by Crippen LogP contribution is -2.35. The van der Waals surface area contributed by atoms with Crippen molar-refractivity contribution in [2.45, 2.75) is 31.5 Å². The van der Waals surface area contributed by atoms with Crippen molar-refractivity contribution in [2.24, 2.45) is 4.99 Å². The van der Waals surface area contributed by atoms with Crippen LogP contribution in [0.15, 0.2) is 46.0 Å². The number of ether oxygens (including phenoxy) is 1. The van der Waals surface area contributed by atoms with Gasteiger partial charge in [0, 0.05) is 28.6 Å². The molecule has 0 radical (unpaired) electrons. The Kier molecular flexibility index (Phi) is 5.17. The largest absolute Gasteiger partial charge is 0.495 e. The predicted octanol–water partition coefficient (Wildman–Crippen LogP) is 5.49. The molecule has 2 aliphatic heterocycles. The van der Waals surface area contributed by atoms with E-state index in [2.05, 4.69) is 32.7 Å². The summed E-state index contributed by atoms with van der Waals surface area (Å²) in [4.78, 5) is 12.1. The summed E-state index contributed by atoms with van der Waals surface area (Å²) >= 11 is 11.8. The molecule has 0 unspecified atom stereocenters. The van der Waals surface area contributed by atoms with Gasteiger partial charge in [0.25, 0.3) is 0 Å². The third kappa shape index (κ3) is 3.02. The second-order valence-corrected chi connectivity index (χ2v) is 8.62. The minimum atomic E-state index is -0.0766. The van der Waals surface area contributed by atoms with Crippen molar-refractivity contribution in [2.75, 3.05) is 12.9 Å². The molecule has 0 amide bonds. The van der Waals surface area contributed by atoms with Crippen LogP contribution in [0.25, 0.3) is 0 Å². The van der Waals surface area contributed by atoms with E-state index in [-0.39, 0.29) is 12.1 Å². The fourth-order valence-corrected chi connectivity index (χ4v) is 6.04. The van der Waals surface area contributed by atoms with Crippen LogP contribution in [-0.4, -0.2) is 34.0 Å². The molecule has 0 saturated carbocycles. The van der Waals surface area contributed by atoms with E-state index >= 15 is 0 Å². The number of benzene rings is 1. The van der Waals surface area contributed by atoms with Gasteiger partial charge < -0.3 is 9.64 Å². The molecule has 0 N–H and O–H groups in total. The van der Waals surface area contributed by atoms with E-state index in [0.717, 1.165) is 38.8 Å². The van der Waals surface area contributed by atoms with Crippen LogP contribution in [0.2, 0.25) is 5.02 Å². The molecule has 3 atom stereocenters. The minimum absolute atomic E-state index is 0.0183. The molecule has 1 aromatic carbocycles. The molecule has 136 valence electrons. The monoisotopic (exact) mass is 451 g/mol. The summed E-state index contributed by atoms with van der Waals surface area (Å²) in [5.74, 6) is 1.87. The van der Waals surface area contributed by atoms with E-state index in [1.807, 2.05) is 48.3 Å². The molecule has 26 heavy (non-hydrogen) atoms. The maximum absolute atomic E-state index is 6.40. The number of nitrogens with zero attached hydrogens (tertiary/aromatic N) is 3. The fraction of sp³-hybridized carbons (Fsp3) is 0.368. The first kappa shape index (κ1) is 18.1. The Hall–Kier alpha value is -1.24. The first-order valence-corrected chi connectivity index (χ1v) is 10.7. The lowest BCUT2D eigenvalue weighted by Gasteiger charge is -2.33. The zero-order valence-electron chi connectivity index (χ0n) is 14.5. The number of aromatic nitrogens is 1. The van der Waals surface area contributed by atoms with Gasteiger partial charge in [0.2, 0.25) is 0 Å². The van der Waals surface area contributed by atoms with Crippen molar-refractivity contribution in [1.82, 2.24) is 9.88 Å². The minimum Gasteiger partial charge on any atom is -0.495 e. The third-order valence-electron chi connectivity index (χ3n) is 4.89. The Labute approximate surface area is 171 Å². The number of pyridine rings is 1. The summed E-state index contributed by atoms with van der Waals surface area (Å²) in [5.41, 5.74) is 2.01.